The maximum absolute atomic E-state index is 12.1. The number of hydrogen-bond acceptors (Lipinski definition) is 4. The van der Waals surface area contributed by atoms with Crippen molar-refractivity contribution >= 4 is 58.2 Å². The Morgan fingerprint density at radius 1 is 0.938 bits per heavy atom. The lowest BCUT2D eigenvalue weighted by atomic mass is 10.2. The first-order valence-electron chi connectivity index (χ1n) is 9.87. The molecule has 32 heavy (non-hydrogen) atoms. The van der Waals surface area contributed by atoms with E-state index in [0.29, 0.717) is 27.9 Å². The van der Waals surface area contributed by atoms with Crippen molar-refractivity contribution in [3.63, 3.8) is 0 Å². The molecule has 0 atom stereocenters. The van der Waals surface area contributed by atoms with E-state index in [-0.39, 0.29) is 16.9 Å². The summed E-state index contributed by atoms with van der Waals surface area (Å²) in [4.78, 5) is 23.9. The molecule has 1 aromatic heterocycles. The lowest BCUT2D eigenvalue weighted by Gasteiger charge is -2.10. The second-order valence-electron chi connectivity index (χ2n) is 7.21. The second-order valence-corrected chi connectivity index (χ2v) is 8.05. The SMILES string of the molecule is CC(C)C(=O)Nc1ccc(NC(=S)NC(=O)C=Cc2ccc(-c3ccc(Cl)cc3)o2)cc1. The quantitative estimate of drug-likeness (QED) is 0.319. The molecule has 0 aliphatic heterocycles. The van der Waals surface area contributed by atoms with Crippen LogP contribution in [0.15, 0.2) is 71.2 Å². The monoisotopic (exact) mass is 467 g/mol. The summed E-state index contributed by atoms with van der Waals surface area (Å²) >= 11 is 11.1. The first kappa shape index (κ1) is 23.2. The maximum atomic E-state index is 12.1. The van der Waals surface area contributed by atoms with Gasteiger partial charge in [0, 0.05) is 34.0 Å². The number of nitrogens with one attached hydrogen (secondary N) is 3. The molecule has 3 N–H and O–H groups in total. The van der Waals surface area contributed by atoms with Crippen LogP contribution in [-0.2, 0) is 9.59 Å². The predicted octanol–water partition coefficient (Wildman–Crippen LogP) is 5.72. The molecule has 0 fully saturated rings. The molecule has 6 nitrogen and oxygen atoms in total. The summed E-state index contributed by atoms with van der Waals surface area (Å²) < 4.78 is 5.73. The molecule has 0 saturated heterocycles. The van der Waals surface area contributed by atoms with Crippen molar-refractivity contribution in [3.8, 4) is 11.3 Å². The van der Waals surface area contributed by atoms with Gasteiger partial charge in [0.15, 0.2) is 5.11 Å². The second kappa shape index (κ2) is 10.7. The standard InChI is InChI=1S/C24H22ClN3O3S/c1-15(2)23(30)26-18-7-9-19(10-8-18)27-24(32)28-22(29)14-12-20-11-13-21(31-20)16-3-5-17(25)6-4-16/h3-15H,1-2H3,(H,26,30)(H2,27,28,29,32). The minimum Gasteiger partial charge on any atom is -0.457 e. The number of rotatable bonds is 6. The fraction of sp³-hybridized carbons (Fsp3) is 0.125. The number of carbonyl (C=O) groups excluding carboxylic acids is 2. The first-order chi connectivity index (χ1) is 15.3. The molecule has 3 rings (SSSR count). The molecular formula is C24H22ClN3O3S. The summed E-state index contributed by atoms with van der Waals surface area (Å²) in [6, 6.07) is 17.9. The molecular weight excluding hydrogens is 446 g/mol. The Bertz CT molecular complexity index is 1140. The van der Waals surface area contributed by atoms with Gasteiger partial charge in [-0.25, -0.2) is 0 Å². The van der Waals surface area contributed by atoms with Crippen LogP contribution in [0.2, 0.25) is 5.02 Å². The Hall–Kier alpha value is -3.42. The Morgan fingerprint density at radius 2 is 1.56 bits per heavy atom. The van der Waals surface area contributed by atoms with E-state index in [4.69, 9.17) is 28.2 Å². The van der Waals surface area contributed by atoms with Gasteiger partial charge in [-0.3, -0.25) is 14.9 Å². The molecule has 3 aromatic rings. The minimum absolute atomic E-state index is 0.0582. The molecule has 0 aliphatic carbocycles. The van der Waals surface area contributed by atoms with Gasteiger partial charge in [-0.05, 0) is 79.0 Å². The van der Waals surface area contributed by atoms with Crippen LogP contribution in [0.5, 0.6) is 0 Å². The zero-order chi connectivity index (χ0) is 23.1. The topological polar surface area (TPSA) is 83.4 Å². The van der Waals surface area contributed by atoms with E-state index in [1.807, 2.05) is 32.0 Å². The predicted molar refractivity (Wildman–Crippen MR) is 132 cm³/mol. The number of amides is 2. The maximum Gasteiger partial charge on any atom is 0.250 e. The zero-order valence-electron chi connectivity index (χ0n) is 17.5. The van der Waals surface area contributed by atoms with Crippen LogP contribution in [0.3, 0.4) is 0 Å². The van der Waals surface area contributed by atoms with E-state index in [2.05, 4.69) is 16.0 Å². The molecule has 2 aromatic carbocycles. The van der Waals surface area contributed by atoms with Gasteiger partial charge in [0.25, 0.3) is 0 Å². The molecule has 2 amide bonds. The summed E-state index contributed by atoms with van der Waals surface area (Å²) in [5, 5.41) is 9.11. The van der Waals surface area contributed by atoms with Gasteiger partial charge in [0.1, 0.15) is 11.5 Å². The highest BCUT2D eigenvalue weighted by molar-refractivity contribution is 7.80. The van der Waals surface area contributed by atoms with E-state index in [0.717, 1.165) is 5.56 Å². The zero-order valence-corrected chi connectivity index (χ0v) is 19.1. The molecule has 0 radical (unpaired) electrons. The van der Waals surface area contributed by atoms with Gasteiger partial charge in [-0.2, -0.15) is 0 Å². The van der Waals surface area contributed by atoms with Crippen LogP contribution >= 0.6 is 23.8 Å². The summed E-state index contributed by atoms with van der Waals surface area (Å²) in [6.45, 7) is 3.65. The van der Waals surface area contributed by atoms with Crippen molar-refractivity contribution in [2.75, 3.05) is 10.6 Å². The largest absolute Gasteiger partial charge is 0.457 e. The fourth-order valence-electron chi connectivity index (χ4n) is 2.61. The van der Waals surface area contributed by atoms with Gasteiger partial charge in [0.05, 0.1) is 0 Å². The van der Waals surface area contributed by atoms with Crippen LogP contribution < -0.4 is 16.0 Å². The average Bonchev–Trinajstić information content (AvgIpc) is 3.23. The molecule has 164 valence electrons. The number of anilines is 2. The van der Waals surface area contributed by atoms with E-state index < -0.39 is 5.91 Å². The van der Waals surface area contributed by atoms with Crippen LogP contribution in [0, 0.1) is 5.92 Å². The molecule has 0 aliphatic rings. The Balaban J connectivity index is 1.50. The first-order valence-corrected chi connectivity index (χ1v) is 10.7. The Labute approximate surface area is 196 Å². The Morgan fingerprint density at radius 3 is 2.19 bits per heavy atom. The molecule has 1 heterocycles. The number of benzene rings is 2. The Kier molecular flexibility index (Phi) is 7.81. The smallest absolute Gasteiger partial charge is 0.250 e. The molecule has 0 saturated carbocycles. The summed E-state index contributed by atoms with van der Waals surface area (Å²) in [5.41, 5.74) is 2.25. The van der Waals surface area contributed by atoms with E-state index in [1.165, 1.54) is 6.08 Å². The van der Waals surface area contributed by atoms with Crippen LogP contribution in [0.4, 0.5) is 11.4 Å². The highest BCUT2D eigenvalue weighted by Crippen LogP contribution is 2.24. The molecule has 8 heteroatoms. The highest BCUT2D eigenvalue weighted by Gasteiger charge is 2.08. The molecule has 0 unspecified atom stereocenters. The van der Waals surface area contributed by atoms with Crippen molar-refractivity contribution in [1.82, 2.24) is 5.32 Å². The van der Waals surface area contributed by atoms with Gasteiger partial charge in [-0.15, -0.1) is 0 Å². The number of furan rings is 1. The summed E-state index contributed by atoms with van der Waals surface area (Å²) in [6.07, 6.45) is 2.90. The normalized spacial score (nSPS) is 10.9. The fourth-order valence-corrected chi connectivity index (χ4v) is 2.95. The lowest BCUT2D eigenvalue weighted by molar-refractivity contribution is -0.119. The lowest BCUT2D eigenvalue weighted by Crippen LogP contribution is -2.32. The van der Waals surface area contributed by atoms with E-state index in [9.17, 15) is 9.59 Å². The number of carbonyl (C=O) groups is 2. The summed E-state index contributed by atoms with van der Waals surface area (Å²) in [7, 11) is 0. The van der Waals surface area contributed by atoms with Crippen LogP contribution in [-0.4, -0.2) is 16.9 Å². The molecule has 0 spiro atoms. The van der Waals surface area contributed by atoms with Crippen LogP contribution in [0.25, 0.3) is 17.4 Å². The van der Waals surface area contributed by atoms with Crippen molar-refractivity contribution in [2.45, 2.75) is 13.8 Å². The number of hydrogen-bond donors (Lipinski definition) is 3. The van der Waals surface area contributed by atoms with Gasteiger partial charge < -0.3 is 15.1 Å². The third kappa shape index (κ3) is 6.80. The van der Waals surface area contributed by atoms with Gasteiger partial charge in [-0.1, -0.05) is 25.4 Å². The van der Waals surface area contributed by atoms with Gasteiger partial charge >= 0.3 is 0 Å². The minimum atomic E-state index is -0.396. The van der Waals surface area contributed by atoms with Crippen molar-refractivity contribution in [3.05, 3.63) is 77.5 Å². The van der Waals surface area contributed by atoms with E-state index in [1.54, 1.807) is 48.5 Å². The summed E-state index contributed by atoms with van der Waals surface area (Å²) in [5.74, 6) is 0.647. The number of thiocarbonyl (C=S) groups is 1. The third-order valence-electron chi connectivity index (χ3n) is 4.33. The highest BCUT2D eigenvalue weighted by atomic mass is 35.5. The average molecular weight is 468 g/mol. The van der Waals surface area contributed by atoms with Crippen molar-refractivity contribution in [1.29, 1.82) is 0 Å². The van der Waals surface area contributed by atoms with E-state index >= 15 is 0 Å². The van der Waals surface area contributed by atoms with Crippen molar-refractivity contribution in [2.24, 2.45) is 5.92 Å². The van der Waals surface area contributed by atoms with Crippen LogP contribution in [0.1, 0.15) is 19.6 Å². The van der Waals surface area contributed by atoms with Gasteiger partial charge in [0.2, 0.25) is 11.8 Å². The molecule has 0 bridgehead atoms. The number of halogens is 1. The van der Waals surface area contributed by atoms with Crippen molar-refractivity contribution < 1.29 is 14.0 Å². The third-order valence-corrected chi connectivity index (χ3v) is 4.78.